The summed E-state index contributed by atoms with van der Waals surface area (Å²) in [5.41, 5.74) is 19.6. The van der Waals surface area contributed by atoms with E-state index >= 15 is 0 Å². The van der Waals surface area contributed by atoms with E-state index in [0.717, 1.165) is 11.1 Å². The zero-order valence-corrected chi connectivity index (χ0v) is 23.3. The lowest BCUT2D eigenvalue weighted by molar-refractivity contribution is -0.134. The van der Waals surface area contributed by atoms with E-state index in [1.165, 1.54) is 4.90 Å². The van der Waals surface area contributed by atoms with E-state index < -0.39 is 23.9 Å². The lowest BCUT2D eigenvalue weighted by atomic mass is 10.0. The van der Waals surface area contributed by atoms with Crippen LogP contribution in [-0.2, 0) is 20.8 Å². The molecule has 2 atom stereocenters. The van der Waals surface area contributed by atoms with E-state index in [1.54, 1.807) is 42.7 Å². The van der Waals surface area contributed by atoms with Crippen molar-refractivity contribution in [2.45, 2.75) is 38.3 Å². The number of pyridine rings is 1. The third kappa shape index (κ3) is 9.98. The summed E-state index contributed by atoms with van der Waals surface area (Å²) in [5, 5.41) is 5.63. The summed E-state index contributed by atoms with van der Waals surface area (Å²) in [6.45, 7) is 3.04. The molecule has 0 radical (unpaired) electrons. The average molecular weight is 562 g/mol. The summed E-state index contributed by atoms with van der Waals surface area (Å²) < 4.78 is 5.87. The molecule has 0 aliphatic heterocycles. The first-order chi connectivity index (χ1) is 19.8. The second kappa shape index (κ2) is 16.1. The fourth-order valence-electron chi connectivity index (χ4n) is 4.19. The number of aromatic nitrogens is 1. The van der Waals surface area contributed by atoms with Crippen molar-refractivity contribution in [1.82, 2.24) is 15.2 Å². The zero-order chi connectivity index (χ0) is 29.6. The maximum atomic E-state index is 13.4. The number of carbonyl (C=O) groups is 3. The third-order valence-electron chi connectivity index (χ3n) is 6.38. The first-order valence-electron chi connectivity index (χ1n) is 13.6. The van der Waals surface area contributed by atoms with Crippen LogP contribution in [0.25, 0.3) is 0 Å². The van der Waals surface area contributed by atoms with Crippen LogP contribution in [0.15, 0.2) is 73.1 Å². The maximum Gasteiger partial charge on any atom is 0.246 e. The van der Waals surface area contributed by atoms with E-state index in [4.69, 9.17) is 21.9 Å². The fraction of sp³-hybridized carbons (Fsp3) is 0.333. The predicted molar refractivity (Wildman–Crippen MR) is 158 cm³/mol. The molecule has 11 heteroatoms. The van der Waals surface area contributed by atoms with Crippen LogP contribution in [0.4, 0.5) is 5.69 Å². The molecule has 0 spiro atoms. The normalized spacial score (nSPS) is 12.2. The molecular formula is C30H39N7O4. The van der Waals surface area contributed by atoms with Gasteiger partial charge < -0.3 is 37.5 Å². The van der Waals surface area contributed by atoms with Crippen LogP contribution in [0.2, 0.25) is 0 Å². The number of anilines is 1. The monoisotopic (exact) mass is 561 g/mol. The Labute approximate surface area is 240 Å². The van der Waals surface area contributed by atoms with Gasteiger partial charge in [0.25, 0.3) is 0 Å². The van der Waals surface area contributed by atoms with Gasteiger partial charge in [-0.05, 0) is 61.2 Å². The molecule has 0 aliphatic rings. The number of nitrogens with one attached hydrogen (secondary N) is 2. The molecule has 0 saturated carbocycles. The highest BCUT2D eigenvalue weighted by atomic mass is 16.5. The summed E-state index contributed by atoms with van der Waals surface area (Å²) >= 11 is 0. The minimum atomic E-state index is -1.14. The van der Waals surface area contributed by atoms with Gasteiger partial charge in [-0.2, -0.15) is 0 Å². The highest BCUT2D eigenvalue weighted by molar-refractivity contribution is 5.98. The number of rotatable bonds is 15. The first kappa shape index (κ1) is 31.2. The quantitative estimate of drug-likeness (QED) is 0.186. The van der Waals surface area contributed by atoms with Gasteiger partial charge in [0.1, 0.15) is 17.5 Å². The lowest BCUT2D eigenvalue weighted by Crippen LogP contribution is -2.52. The van der Waals surface area contributed by atoms with Crippen LogP contribution in [0.3, 0.4) is 0 Å². The Morgan fingerprint density at radius 1 is 0.976 bits per heavy atom. The SMILES string of the molecule is Cc1cc(NC(=O)C(CCc2ccccc2)NC(=O)C(N)CC(=O)N(CCN)CCN)ccc1Oc1cccnc1. The number of carbonyl (C=O) groups excluding carboxylic acids is 3. The molecule has 218 valence electrons. The predicted octanol–water partition coefficient (Wildman–Crippen LogP) is 1.70. The molecule has 0 saturated heterocycles. The third-order valence-corrected chi connectivity index (χ3v) is 6.38. The summed E-state index contributed by atoms with van der Waals surface area (Å²) in [6, 6.07) is 16.5. The topological polar surface area (TPSA) is 179 Å². The number of hydrogen-bond acceptors (Lipinski definition) is 8. The number of nitrogens with zero attached hydrogens (tertiary/aromatic N) is 2. The fourth-order valence-corrected chi connectivity index (χ4v) is 4.19. The van der Waals surface area contributed by atoms with Crippen molar-refractivity contribution in [2.75, 3.05) is 31.5 Å². The van der Waals surface area contributed by atoms with Gasteiger partial charge in [0.15, 0.2) is 0 Å². The molecule has 8 N–H and O–H groups in total. The van der Waals surface area contributed by atoms with Crippen LogP contribution in [0, 0.1) is 6.92 Å². The standard InChI is InChI=1S/C30H39N7O4/c1-21-18-23(10-12-27(21)41-24-8-5-15-34-20-24)35-30(40)26(11-9-22-6-3-2-4-7-22)36-29(39)25(33)19-28(38)37(16-13-31)17-14-32/h2-8,10,12,15,18,20,25-26H,9,11,13-14,16-17,19,31-33H2,1H3,(H,35,40)(H,36,39). The first-order valence-corrected chi connectivity index (χ1v) is 13.6. The molecule has 2 aromatic carbocycles. The van der Waals surface area contributed by atoms with E-state index in [1.807, 2.05) is 37.3 Å². The largest absolute Gasteiger partial charge is 0.455 e. The molecule has 3 rings (SSSR count). The van der Waals surface area contributed by atoms with Gasteiger partial charge in [0.05, 0.1) is 18.7 Å². The van der Waals surface area contributed by atoms with Gasteiger partial charge in [0, 0.05) is 38.1 Å². The Bertz CT molecular complexity index is 1270. The van der Waals surface area contributed by atoms with Crippen molar-refractivity contribution in [1.29, 1.82) is 0 Å². The number of nitrogens with two attached hydrogens (primary N) is 3. The Hall–Kier alpha value is -4.32. The molecule has 11 nitrogen and oxygen atoms in total. The lowest BCUT2D eigenvalue weighted by Gasteiger charge is -2.24. The van der Waals surface area contributed by atoms with Gasteiger partial charge in [-0.1, -0.05) is 30.3 Å². The van der Waals surface area contributed by atoms with Gasteiger partial charge in [0.2, 0.25) is 17.7 Å². The van der Waals surface area contributed by atoms with Crippen LogP contribution in [0.1, 0.15) is 24.0 Å². The Balaban J connectivity index is 1.68. The van der Waals surface area contributed by atoms with Crippen LogP contribution in [-0.4, -0.2) is 65.9 Å². The molecule has 1 aromatic heterocycles. The zero-order valence-electron chi connectivity index (χ0n) is 23.3. The van der Waals surface area contributed by atoms with Crippen molar-refractivity contribution in [3.05, 3.63) is 84.2 Å². The molecule has 1 heterocycles. The van der Waals surface area contributed by atoms with E-state index in [0.29, 0.717) is 43.1 Å². The van der Waals surface area contributed by atoms with Crippen molar-refractivity contribution in [2.24, 2.45) is 17.2 Å². The number of ether oxygens (including phenoxy) is 1. The van der Waals surface area contributed by atoms with Gasteiger partial charge >= 0.3 is 0 Å². The van der Waals surface area contributed by atoms with Crippen LogP contribution < -0.4 is 32.6 Å². The van der Waals surface area contributed by atoms with Crippen LogP contribution in [0.5, 0.6) is 11.5 Å². The molecule has 3 amide bonds. The second-order valence-corrected chi connectivity index (χ2v) is 9.61. The van der Waals surface area contributed by atoms with Crippen LogP contribution >= 0.6 is 0 Å². The molecule has 3 aromatic rings. The Kier molecular flexibility index (Phi) is 12.2. The maximum absolute atomic E-state index is 13.4. The second-order valence-electron chi connectivity index (χ2n) is 9.61. The summed E-state index contributed by atoms with van der Waals surface area (Å²) in [5.74, 6) is -0.0960. The van der Waals surface area contributed by atoms with E-state index in [2.05, 4.69) is 15.6 Å². The van der Waals surface area contributed by atoms with Gasteiger partial charge in [-0.3, -0.25) is 19.4 Å². The number of aryl methyl sites for hydroxylation is 2. The van der Waals surface area contributed by atoms with Crippen molar-refractivity contribution in [3.63, 3.8) is 0 Å². The minimum absolute atomic E-state index is 0.226. The Morgan fingerprint density at radius 3 is 2.34 bits per heavy atom. The summed E-state index contributed by atoms with van der Waals surface area (Å²) in [4.78, 5) is 44.6. The number of hydrogen-bond donors (Lipinski definition) is 5. The van der Waals surface area contributed by atoms with E-state index in [9.17, 15) is 14.4 Å². The smallest absolute Gasteiger partial charge is 0.246 e. The van der Waals surface area contributed by atoms with Crippen molar-refractivity contribution in [3.8, 4) is 11.5 Å². The van der Waals surface area contributed by atoms with Gasteiger partial charge in [-0.25, -0.2) is 0 Å². The number of benzene rings is 2. The summed E-state index contributed by atoms with van der Waals surface area (Å²) in [6.07, 6.45) is 3.92. The molecule has 41 heavy (non-hydrogen) atoms. The average Bonchev–Trinajstić information content (AvgIpc) is 2.97. The Morgan fingerprint density at radius 2 is 1.71 bits per heavy atom. The van der Waals surface area contributed by atoms with Gasteiger partial charge in [-0.15, -0.1) is 0 Å². The van der Waals surface area contributed by atoms with Crippen molar-refractivity contribution >= 4 is 23.4 Å². The molecule has 2 unspecified atom stereocenters. The molecule has 0 bridgehead atoms. The minimum Gasteiger partial charge on any atom is -0.455 e. The molecular weight excluding hydrogens is 522 g/mol. The molecule has 0 aliphatic carbocycles. The van der Waals surface area contributed by atoms with E-state index in [-0.39, 0.29) is 25.4 Å². The molecule has 0 fully saturated rings. The highest BCUT2D eigenvalue weighted by Gasteiger charge is 2.26. The van der Waals surface area contributed by atoms with Crippen molar-refractivity contribution < 1.29 is 19.1 Å². The summed E-state index contributed by atoms with van der Waals surface area (Å²) in [7, 11) is 0. The highest BCUT2D eigenvalue weighted by Crippen LogP contribution is 2.27. The number of amides is 3.